The van der Waals surface area contributed by atoms with Crippen LogP contribution in [0.25, 0.3) is 11.1 Å². The van der Waals surface area contributed by atoms with E-state index in [1.54, 1.807) is 13.0 Å². The van der Waals surface area contributed by atoms with E-state index < -0.39 is 0 Å². The zero-order valence-corrected chi connectivity index (χ0v) is 15.3. The summed E-state index contributed by atoms with van der Waals surface area (Å²) < 4.78 is 11.5. The van der Waals surface area contributed by atoms with E-state index in [4.69, 9.17) is 9.47 Å². The molecule has 0 saturated carbocycles. The van der Waals surface area contributed by atoms with Crippen molar-refractivity contribution in [2.24, 2.45) is 0 Å². The Morgan fingerprint density at radius 2 is 1.88 bits per heavy atom. The largest absolute Gasteiger partial charge is 0.493 e. The summed E-state index contributed by atoms with van der Waals surface area (Å²) >= 11 is 3.37. The summed E-state index contributed by atoms with van der Waals surface area (Å²) in [4.78, 5) is 23.2. The number of halogens is 1. The van der Waals surface area contributed by atoms with Crippen molar-refractivity contribution in [3.63, 3.8) is 0 Å². The van der Waals surface area contributed by atoms with Gasteiger partial charge in [0.05, 0.1) is 19.6 Å². The highest BCUT2D eigenvalue weighted by molar-refractivity contribution is 9.10. The van der Waals surface area contributed by atoms with Crippen LogP contribution >= 0.6 is 15.9 Å². The van der Waals surface area contributed by atoms with E-state index >= 15 is 0 Å². The average molecular weight is 391 g/mol. The van der Waals surface area contributed by atoms with Crippen molar-refractivity contribution in [3.8, 4) is 16.9 Å². The molecule has 2 aromatic carbocycles. The Morgan fingerprint density at radius 3 is 2.54 bits per heavy atom. The van der Waals surface area contributed by atoms with Crippen LogP contribution in [0.15, 0.2) is 40.9 Å². The van der Waals surface area contributed by atoms with Crippen LogP contribution in [0.4, 0.5) is 0 Å². The number of aldehydes is 1. The SMILES string of the molecule is CCOC(=O)Cc1ccc(OCC)c(-c2ccc(Br)cc2C=O)c1. The summed E-state index contributed by atoms with van der Waals surface area (Å²) in [5.41, 5.74) is 2.92. The molecule has 0 bridgehead atoms. The highest BCUT2D eigenvalue weighted by atomic mass is 79.9. The molecule has 0 aliphatic heterocycles. The van der Waals surface area contributed by atoms with Crippen LogP contribution in [0.3, 0.4) is 0 Å². The standard InChI is InChI=1S/C19H19BrO4/c1-3-23-18-8-5-13(10-19(22)24-4-2)9-17(18)16-7-6-15(20)11-14(16)12-21/h5-9,11-12H,3-4,10H2,1-2H3. The maximum absolute atomic E-state index is 11.7. The molecule has 0 fully saturated rings. The van der Waals surface area contributed by atoms with Gasteiger partial charge in [-0.05, 0) is 49.2 Å². The van der Waals surface area contributed by atoms with Gasteiger partial charge in [0.25, 0.3) is 0 Å². The zero-order valence-electron chi connectivity index (χ0n) is 13.7. The Kier molecular flexibility index (Phi) is 6.55. The molecule has 24 heavy (non-hydrogen) atoms. The quantitative estimate of drug-likeness (QED) is 0.518. The number of hydrogen-bond donors (Lipinski definition) is 0. The Morgan fingerprint density at radius 1 is 1.08 bits per heavy atom. The van der Waals surface area contributed by atoms with E-state index in [9.17, 15) is 9.59 Å². The second kappa shape index (κ2) is 8.64. The molecule has 4 nitrogen and oxygen atoms in total. The van der Waals surface area contributed by atoms with Crippen molar-refractivity contribution in [2.75, 3.05) is 13.2 Å². The van der Waals surface area contributed by atoms with Crippen molar-refractivity contribution >= 4 is 28.2 Å². The Bertz CT molecular complexity index is 740. The first-order chi connectivity index (χ1) is 11.6. The van der Waals surface area contributed by atoms with Gasteiger partial charge in [-0.3, -0.25) is 9.59 Å². The predicted molar refractivity (Wildman–Crippen MR) is 96.5 cm³/mol. The molecule has 0 N–H and O–H groups in total. The lowest BCUT2D eigenvalue weighted by Crippen LogP contribution is -2.08. The molecule has 0 atom stereocenters. The fraction of sp³-hybridized carbons (Fsp3) is 0.263. The van der Waals surface area contributed by atoms with Crippen LogP contribution in [0.5, 0.6) is 5.75 Å². The Balaban J connectivity index is 2.49. The molecule has 0 amide bonds. The molecular weight excluding hydrogens is 372 g/mol. The molecule has 126 valence electrons. The van der Waals surface area contributed by atoms with Gasteiger partial charge < -0.3 is 9.47 Å². The van der Waals surface area contributed by atoms with E-state index in [1.807, 2.05) is 37.3 Å². The van der Waals surface area contributed by atoms with E-state index in [0.717, 1.165) is 27.4 Å². The molecule has 0 spiro atoms. The smallest absolute Gasteiger partial charge is 0.310 e. The first kappa shape index (κ1) is 18.2. The number of carbonyl (C=O) groups is 2. The maximum Gasteiger partial charge on any atom is 0.310 e. The summed E-state index contributed by atoms with van der Waals surface area (Å²) in [6.07, 6.45) is 0.994. The molecule has 0 aliphatic rings. The molecule has 2 rings (SSSR count). The van der Waals surface area contributed by atoms with Crippen molar-refractivity contribution < 1.29 is 19.1 Å². The summed E-state index contributed by atoms with van der Waals surface area (Å²) in [5, 5.41) is 0. The summed E-state index contributed by atoms with van der Waals surface area (Å²) in [5.74, 6) is 0.398. The molecule has 0 heterocycles. The lowest BCUT2D eigenvalue weighted by Gasteiger charge is -2.14. The lowest BCUT2D eigenvalue weighted by atomic mass is 9.97. The highest BCUT2D eigenvalue weighted by Gasteiger charge is 2.14. The minimum Gasteiger partial charge on any atom is -0.493 e. The van der Waals surface area contributed by atoms with Crippen molar-refractivity contribution in [1.29, 1.82) is 0 Å². The fourth-order valence-electron chi connectivity index (χ4n) is 2.43. The third-order valence-corrected chi connectivity index (χ3v) is 3.92. The van der Waals surface area contributed by atoms with Crippen molar-refractivity contribution in [3.05, 3.63) is 52.0 Å². The fourth-order valence-corrected chi connectivity index (χ4v) is 2.81. The highest BCUT2D eigenvalue weighted by Crippen LogP contribution is 2.34. The van der Waals surface area contributed by atoms with Gasteiger partial charge >= 0.3 is 5.97 Å². The monoisotopic (exact) mass is 390 g/mol. The molecule has 2 aromatic rings. The van der Waals surface area contributed by atoms with Gasteiger partial charge in [-0.15, -0.1) is 0 Å². The lowest BCUT2D eigenvalue weighted by molar-refractivity contribution is -0.142. The topological polar surface area (TPSA) is 52.6 Å². The van der Waals surface area contributed by atoms with E-state index in [1.165, 1.54) is 0 Å². The molecule has 0 aromatic heterocycles. The molecule has 5 heteroatoms. The number of ether oxygens (including phenoxy) is 2. The van der Waals surface area contributed by atoms with Gasteiger partial charge in [-0.1, -0.05) is 28.1 Å². The second-order valence-electron chi connectivity index (χ2n) is 5.09. The van der Waals surface area contributed by atoms with Gasteiger partial charge in [0.15, 0.2) is 6.29 Å². The van der Waals surface area contributed by atoms with Crippen LogP contribution < -0.4 is 4.74 Å². The van der Waals surface area contributed by atoms with Crippen molar-refractivity contribution in [2.45, 2.75) is 20.3 Å². The number of benzene rings is 2. The molecule has 0 saturated heterocycles. The first-order valence-electron chi connectivity index (χ1n) is 7.75. The van der Waals surface area contributed by atoms with E-state index in [0.29, 0.717) is 24.5 Å². The number of carbonyl (C=O) groups excluding carboxylic acids is 2. The minimum atomic E-state index is -0.279. The molecular formula is C19H19BrO4. The van der Waals surface area contributed by atoms with Crippen LogP contribution in [0.1, 0.15) is 29.8 Å². The minimum absolute atomic E-state index is 0.181. The van der Waals surface area contributed by atoms with E-state index in [2.05, 4.69) is 15.9 Å². The van der Waals surface area contributed by atoms with Crippen LogP contribution in [0, 0.1) is 0 Å². The Labute approximate surface area is 149 Å². The normalized spacial score (nSPS) is 10.3. The second-order valence-corrected chi connectivity index (χ2v) is 6.01. The van der Waals surface area contributed by atoms with Gasteiger partial charge in [-0.2, -0.15) is 0 Å². The molecule has 0 aliphatic carbocycles. The third-order valence-electron chi connectivity index (χ3n) is 3.43. The third kappa shape index (κ3) is 4.45. The summed E-state index contributed by atoms with van der Waals surface area (Å²) in [7, 11) is 0. The average Bonchev–Trinajstić information content (AvgIpc) is 2.56. The van der Waals surface area contributed by atoms with Crippen molar-refractivity contribution in [1.82, 2.24) is 0 Å². The number of rotatable bonds is 7. The summed E-state index contributed by atoms with van der Waals surface area (Å²) in [6, 6.07) is 11.0. The molecule has 0 unspecified atom stereocenters. The maximum atomic E-state index is 11.7. The van der Waals surface area contributed by atoms with Crippen LogP contribution in [0.2, 0.25) is 0 Å². The molecule has 0 radical (unpaired) electrons. The zero-order chi connectivity index (χ0) is 17.5. The number of hydrogen-bond acceptors (Lipinski definition) is 4. The van der Waals surface area contributed by atoms with E-state index in [-0.39, 0.29) is 12.4 Å². The van der Waals surface area contributed by atoms with Gasteiger partial charge in [-0.25, -0.2) is 0 Å². The van der Waals surface area contributed by atoms with Gasteiger partial charge in [0.2, 0.25) is 0 Å². The van der Waals surface area contributed by atoms with Crippen LogP contribution in [-0.2, 0) is 16.0 Å². The predicted octanol–water partition coefficient (Wildman–Crippen LogP) is 4.43. The Hall–Kier alpha value is -2.14. The van der Waals surface area contributed by atoms with Crippen LogP contribution in [-0.4, -0.2) is 25.5 Å². The number of esters is 1. The van der Waals surface area contributed by atoms with Gasteiger partial charge in [0, 0.05) is 15.6 Å². The summed E-state index contributed by atoms with van der Waals surface area (Å²) in [6.45, 7) is 4.54. The first-order valence-corrected chi connectivity index (χ1v) is 8.54. The van der Waals surface area contributed by atoms with Gasteiger partial charge in [0.1, 0.15) is 5.75 Å².